The summed E-state index contributed by atoms with van der Waals surface area (Å²) in [4.78, 5) is 14.0. The van der Waals surface area contributed by atoms with E-state index in [1.54, 1.807) is 0 Å². The van der Waals surface area contributed by atoms with Gasteiger partial charge in [-0.1, -0.05) is 12.8 Å². The quantitative estimate of drug-likeness (QED) is 0.836. The van der Waals surface area contributed by atoms with Crippen molar-refractivity contribution in [3.05, 3.63) is 0 Å². The largest absolute Gasteiger partial charge is 0.444 e. The summed E-state index contributed by atoms with van der Waals surface area (Å²) in [5, 5.41) is 13.7. The maximum absolute atomic E-state index is 12.2. The smallest absolute Gasteiger partial charge is 0.410 e. The fraction of sp³-hybridized carbons (Fsp3) is 0.938. The molecule has 21 heavy (non-hydrogen) atoms. The molecule has 1 heterocycles. The first-order valence-corrected chi connectivity index (χ1v) is 8.22. The second-order valence-electron chi connectivity index (χ2n) is 7.53. The van der Waals surface area contributed by atoms with Gasteiger partial charge in [0.25, 0.3) is 0 Å². The summed E-state index contributed by atoms with van der Waals surface area (Å²) in [6.07, 6.45) is 5.82. The molecule has 0 aromatic rings. The number of aliphatic hydroxyl groups is 1. The predicted molar refractivity (Wildman–Crippen MR) is 82.2 cm³/mol. The standard InChI is InChI=1S/C16H30N2O3/c1-15(2,3)21-14(19)18-10-6-7-13(18)11-17-12-16(20)8-4-5-9-16/h13,17,20H,4-12H2,1-3H3. The normalized spacial score (nSPS) is 25.3. The molecule has 1 saturated heterocycles. The maximum atomic E-state index is 12.2. The molecule has 1 aliphatic heterocycles. The Morgan fingerprint density at radius 1 is 1.33 bits per heavy atom. The third kappa shape index (κ3) is 4.85. The van der Waals surface area contributed by atoms with E-state index in [1.807, 2.05) is 25.7 Å². The molecule has 0 spiro atoms. The van der Waals surface area contributed by atoms with E-state index in [2.05, 4.69) is 5.32 Å². The molecule has 1 saturated carbocycles. The van der Waals surface area contributed by atoms with Crippen LogP contribution in [0.2, 0.25) is 0 Å². The van der Waals surface area contributed by atoms with Gasteiger partial charge in [-0.2, -0.15) is 0 Å². The van der Waals surface area contributed by atoms with Gasteiger partial charge in [-0.3, -0.25) is 0 Å². The van der Waals surface area contributed by atoms with E-state index in [0.29, 0.717) is 6.54 Å². The zero-order valence-electron chi connectivity index (χ0n) is 13.7. The molecule has 1 aliphatic carbocycles. The number of carbonyl (C=O) groups is 1. The van der Waals surface area contributed by atoms with Crippen LogP contribution in [-0.4, -0.2) is 53.0 Å². The van der Waals surface area contributed by atoms with Crippen molar-refractivity contribution in [2.75, 3.05) is 19.6 Å². The molecule has 1 amide bonds. The van der Waals surface area contributed by atoms with Gasteiger partial charge in [0.2, 0.25) is 0 Å². The van der Waals surface area contributed by atoms with Crippen LogP contribution in [0.3, 0.4) is 0 Å². The van der Waals surface area contributed by atoms with Gasteiger partial charge in [0, 0.05) is 25.7 Å². The number of rotatable bonds is 4. The van der Waals surface area contributed by atoms with Gasteiger partial charge in [0.05, 0.1) is 5.60 Å². The van der Waals surface area contributed by atoms with Gasteiger partial charge in [0.15, 0.2) is 0 Å². The van der Waals surface area contributed by atoms with Gasteiger partial charge in [-0.05, 0) is 46.5 Å². The van der Waals surface area contributed by atoms with Crippen LogP contribution in [-0.2, 0) is 4.74 Å². The maximum Gasteiger partial charge on any atom is 0.410 e. The first kappa shape index (κ1) is 16.6. The lowest BCUT2D eigenvalue weighted by Gasteiger charge is -2.30. The van der Waals surface area contributed by atoms with Crippen molar-refractivity contribution in [1.29, 1.82) is 0 Å². The minimum Gasteiger partial charge on any atom is -0.444 e. The Labute approximate surface area is 128 Å². The summed E-state index contributed by atoms with van der Waals surface area (Å²) in [5.41, 5.74) is -0.980. The van der Waals surface area contributed by atoms with Gasteiger partial charge in [-0.15, -0.1) is 0 Å². The van der Waals surface area contributed by atoms with E-state index >= 15 is 0 Å². The molecule has 1 atom stereocenters. The summed E-state index contributed by atoms with van der Waals surface area (Å²) < 4.78 is 5.46. The van der Waals surface area contributed by atoms with Crippen LogP contribution in [0.15, 0.2) is 0 Å². The third-order valence-corrected chi connectivity index (χ3v) is 4.37. The molecular weight excluding hydrogens is 268 g/mol. The van der Waals surface area contributed by atoms with Crippen molar-refractivity contribution in [2.24, 2.45) is 0 Å². The molecule has 0 radical (unpaired) electrons. The number of likely N-dealkylation sites (tertiary alicyclic amines) is 1. The Morgan fingerprint density at radius 3 is 2.62 bits per heavy atom. The average Bonchev–Trinajstić information content (AvgIpc) is 2.96. The SMILES string of the molecule is CC(C)(C)OC(=O)N1CCCC1CNCC1(O)CCCC1. The Kier molecular flexibility index (Phi) is 5.15. The van der Waals surface area contributed by atoms with E-state index in [1.165, 1.54) is 0 Å². The zero-order valence-corrected chi connectivity index (χ0v) is 13.7. The Balaban J connectivity index is 1.78. The Morgan fingerprint density at radius 2 is 2.00 bits per heavy atom. The van der Waals surface area contributed by atoms with Crippen LogP contribution in [0.25, 0.3) is 0 Å². The van der Waals surface area contributed by atoms with Gasteiger partial charge in [-0.25, -0.2) is 4.79 Å². The number of carbonyl (C=O) groups excluding carboxylic acids is 1. The summed E-state index contributed by atoms with van der Waals surface area (Å²) in [5.74, 6) is 0. The molecule has 0 bridgehead atoms. The number of hydrogen-bond acceptors (Lipinski definition) is 4. The highest BCUT2D eigenvalue weighted by Crippen LogP contribution is 2.28. The van der Waals surface area contributed by atoms with Gasteiger partial charge >= 0.3 is 6.09 Å². The number of hydrogen-bond donors (Lipinski definition) is 2. The number of amides is 1. The van der Waals surface area contributed by atoms with E-state index in [4.69, 9.17) is 4.74 Å². The van der Waals surface area contributed by atoms with E-state index in [-0.39, 0.29) is 12.1 Å². The van der Waals surface area contributed by atoms with Gasteiger partial charge < -0.3 is 20.1 Å². The summed E-state index contributed by atoms with van der Waals surface area (Å²) in [6, 6.07) is 0.185. The minimum absolute atomic E-state index is 0.185. The van der Waals surface area contributed by atoms with Crippen LogP contribution in [0, 0.1) is 0 Å². The van der Waals surface area contributed by atoms with E-state index in [0.717, 1.165) is 51.6 Å². The second kappa shape index (κ2) is 6.53. The monoisotopic (exact) mass is 298 g/mol. The van der Waals surface area contributed by atoms with E-state index in [9.17, 15) is 9.90 Å². The fourth-order valence-corrected chi connectivity index (χ4v) is 3.29. The Bertz CT molecular complexity index is 359. The fourth-order valence-electron chi connectivity index (χ4n) is 3.29. The van der Waals surface area contributed by atoms with Crippen LogP contribution < -0.4 is 5.32 Å². The van der Waals surface area contributed by atoms with Crippen LogP contribution in [0.5, 0.6) is 0 Å². The summed E-state index contributed by atoms with van der Waals surface area (Å²) in [6.45, 7) is 7.82. The highest BCUT2D eigenvalue weighted by atomic mass is 16.6. The average molecular weight is 298 g/mol. The molecule has 2 fully saturated rings. The molecule has 5 nitrogen and oxygen atoms in total. The summed E-state index contributed by atoms with van der Waals surface area (Å²) in [7, 11) is 0. The van der Waals surface area contributed by atoms with Crippen LogP contribution in [0.4, 0.5) is 4.79 Å². The van der Waals surface area contributed by atoms with E-state index < -0.39 is 11.2 Å². The van der Waals surface area contributed by atoms with Crippen LogP contribution >= 0.6 is 0 Å². The predicted octanol–water partition coefficient (Wildman–Crippen LogP) is 2.28. The first-order valence-electron chi connectivity index (χ1n) is 8.22. The van der Waals surface area contributed by atoms with Gasteiger partial charge in [0.1, 0.15) is 5.60 Å². The molecule has 1 unspecified atom stereocenters. The zero-order chi connectivity index (χ0) is 15.5. The van der Waals surface area contributed by atoms with Crippen molar-refractivity contribution >= 4 is 6.09 Å². The lowest BCUT2D eigenvalue weighted by atomic mass is 10.0. The highest BCUT2D eigenvalue weighted by molar-refractivity contribution is 5.69. The lowest BCUT2D eigenvalue weighted by molar-refractivity contribution is 0.0211. The second-order valence-corrected chi connectivity index (χ2v) is 7.53. The molecule has 0 aromatic heterocycles. The molecular formula is C16H30N2O3. The lowest BCUT2D eigenvalue weighted by Crippen LogP contribution is -2.47. The Hall–Kier alpha value is -0.810. The number of nitrogens with one attached hydrogen (secondary N) is 1. The van der Waals surface area contributed by atoms with Crippen molar-refractivity contribution in [2.45, 2.75) is 76.5 Å². The minimum atomic E-state index is -0.532. The highest BCUT2D eigenvalue weighted by Gasteiger charge is 2.34. The molecule has 5 heteroatoms. The molecule has 0 aromatic carbocycles. The van der Waals surface area contributed by atoms with Crippen molar-refractivity contribution in [3.63, 3.8) is 0 Å². The third-order valence-electron chi connectivity index (χ3n) is 4.37. The van der Waals surface area contributed by atoms with Crippen molar-refractivity contribution < 1.29 is 14.6 Å². The first-order chi connectivity index (χ1) is 9.79. The molecule has 122 valence electrons. The molecule has 2 rings (SSSR count). The van der Waals surface area contributed by atoms with Crippen molar-refractivity contribution in [1.82, 2.24) is 10.2 Å². The summed E-state index contributed by atoms with van der Waals surface area (Å²) >= 11 is 0. The molecule has 2 aliphatic rings. The number of ether oxygens (including phenoxy) is 1. The number of nitrogens with zero attached hydrogens (tertiary/aromatic N) is 1. The molecule has 2 N–H and O–H groups in total. The van der Waals surface area contributed by atoms with Crippen LogP contribution in [0.1, 0.15) is 59.3 Å². The van der Waals surface area contributed by atoms with Crippen molar-refractivity contribution in [3.8, 4) is 0 Å². The topological polar surface area (TPSA) is 61.8 Å².